The van der Waals surface area contributed by atoms with Crippen LogP contribution in [0.1, 0.15) is 5.56 Å². The van der Waals surface area contributed by atoms with Gasteiger partial charge < -0.3 is 19.3 Å². The lowest BCUT2D eigenvalue weighted by Gasteiger charge is -2.21. The SMILES string of the molecule is C=C/C=C\C(=N)Cc1ccccc1-c1cccc(-n2c3ccccc3c3c4c5ccccc5n5c4c(cc32)Oc2ccccc2-5)c1. The van der Waals surface area contributed by atoms with Crippen LogP contribution in [0.4, 0.5) is 0 Å². The lowest BCUT2D eigenvalue weighted by molar-refractivity contribution is 0.477. The zero-order valence-electron chi connectivity index (χ0n) is 25.1. The molecule has 0 spiro atoms. The van der Waals surface area contributed by atoms with Crippen molar-refractivity contribution in [3.63, 3.8) is 0 Å². The van der Waals surface area contributed by atoms with E-state index in [1.807, 2.05) is 30.4 Å². The molecule has 46 heavy (non-hydrogen) atoms. The van der Waals surface area contributed by atoms with Crippen LogP contribution >= 0.6 is 0 Å². The molecule has 3 heterocycles. The molecule has 0 radical (unpaired) electrons. The lowest BCUT2D eigenvalue weighted by Crippen LogP contribution is -2.04. The Bertz CT molecular complexity index is 2580. The second kappa shape index (κ2) is 10.2. The van der Waals surface area contributed by atoms with E-state index in [0.717, 1.165) is 56.1 Å². The van der Waals surface area contributed by atoms with Crippen LogP contribution in [0.3, 0.4) is 0 Å². The molecule has 1 aliphatic rings. The summed E-state index contributed by atoms with van der Waals surface area (Å²) in [6.07, 6.45) is 5.88. The summed E-state index contributed by atoms with van der Waals surface area (Å²) in [5, 5.41) is 13.3. The molecule has 1 N–H and O–H groups in total. The van der Waals surface area contributed by atoms with Crippen molar-refractivity contribution in [1.29, 1.82) is 5.41 Å². The quantitative estimate of drug-likeness (QED) is 0.152. The molecule has 6 aromatic carbocycles. The van der Waals surface area contributed by atoms with E-state index < -0.39 is 0 Å². The molecule has 2 aromatic heterocycles. The third-order valence-electron chi connectivity index (χ3n) is 9.11. The number of benzene rings is 6. The molecule has 0 bridgehead atoms. The van der Waals surface area contributed by atoms with E-state index in [9.17, 15) is 0 Å². The van der Waals surface area contributed by atoms with Crippen LogP contribution in [0.5, 0.6) is 11.5 Å². The second-order valence-corrected chi connectivity index (χ2v) is 11.8. The first-order valence-electron chi connectivity index (χ1n) is 15.5. The Morgan fingerprint density at radius 1 is 0.674 bits per heavy atom. The van der Waals surface area contributed by atoms with Crippen molar-refractivity contribution in [1.82, 2.24) is 9.13 Å². The first-order chi connectivity index (χ1) is 22.7. The van der Waals surface area contributed by atoms with Crippen LogP contribution < -0.4 is 4.74 Å². The standard InChI is InChI=1S/C42H29N3O/c1-2-3-15-29(43)24-27-13-4-5-17-31(27)28-14-12-16-30(25-28)44-34-20-8-6-18-32(34)40-37(44)26-39-42-41(40)33-19-7-9-21-35(33)45(42)36-22-10-11-23-38(36)46-39/h2-23,25-26,43H,1,24H2/b15-3-,43-29?. The maximum atomic E-state index is 8.49. The fourth-order valence-electron chi connectivity index (χ4n) is 7.25. The average molecular weight is 592 g/mol. The Morgan fingerprint density at radius 3 is 2.24 bits per heavy atom. The molecule has 0 saturated carbocycles. The predicted octanol–water partition coefficient (Wildman–Crippen LogP) is 11.0. The largest absolute Gasteiger partial charge is 0.453 e. The van der Waals surface area contributed by atoms with E-state index in [-0.39, 0.29) is 0 Å². The average Bonchev–Trinajstić information content (AvgIpc) is 3.62. The van der Waals surface area contributed by atoms with Crippen LogP contribution in [0, 0.1) is 5.41 Å². The summed E-state index contributed by atoms with van der Waals surface area (Å²) in [7, 11) is 0. The number of allylic oxidation sites excluding steroid dienone is 3. The summed E-state index contributed by atoms with van der Waals surface area (Å²) in [6.45, 7) is 3.74. The van der Waals surface area contributed by atoms with Gasteiger partial charge in [-0.1, -0.05) is 104 Å². The Kier molecular flexibility index (Phi) is 5.84. The van der Waals surface area contributed by atoms with Crippen LogP contribution in [0.25, 0.3) is 66.1 Å². The van der Waals surface area contributed by atoms with E-state index in [0.29, 0.717) is 12.1 Å². The highest BCUT2D eigenvalue weighted by Gasteiger charge is 2.28. The second-order valence-electron chi connectivity index (χ2n) is 11.8. The van der Waals surface area contributed by atoms with Gasteiger partial charge in [0.1, 0.15) is 0 Å². The van der Waals surface area contributed by atoms with Crippen molar-refractivity contribution < 1.29 is 4.74 Å². The summed E-state index contributed by atoms with van der Waals surface area (Å²) in [5.41, 5.74) is 10.6. The van der Waals surface area contributed by atoms with Gasteiger partial charge in [0.05, 0.1) is 27.8 Å². The molecule has 4 heteroatoms. The third-order valence-corrected chi connectivity index (χ3v) is 9.11. The van der Waals surface area contributed by atoms with Crippen LogP contribution in [-0.2, 0) is 6.42 Å². The van der Waals surface area contributed by atoms with Crippen molar-refractivity contribution >= 4 is 49.3 Å². The highest BCUT2D eigenvalue weighted by Crippen LogP contribution is 2.50. The normalized spacial score (nSPS) is 12.3. The van der Waals surface area contributed by atoms with Gasteiger partial charge in [-0.3, -0.25) is 0 Å². The molecule has 0 amide bonds. The first kappa shape index (κ1) is 26.3. The van der Waals surface area contributed by atoms with Crippen LogP contribution in [0.2, 0.25) is 0 Å². The molecule has 4 nitrogen and oxygen atoms in total. The van der Waals surface area contributed by atoms with Gasteiger partial charge in [0.2, 0.25) is 0 Å². The van der Waals surface area contributed by atoms with Crippen molar-refractivity contribution in [3.8, 4) is 34.0 Å². The third kappa shape index (κ3) is 3.83. The van der Waals surface area contributed by atoms with Crippen molar-refractivity contribution in [2.75, 3.05) is 0 Å². The van der Waals surface area contributed by atoms with Gasteiger partial charge in [-0.05, 0) is 59.2 Å². The smallest absolute Gasteiger partial charge is 0.154 e. The zero-order valence-corrected chi connectivity index (χ0v) is 25.1. The summed E-state index contributed by atoms with van der Waals surface area (Å²) in [4.78, 5) is 0. The lowest BCUT2D eigenvalue weighted by atomic mass is 9.95. The molecule has 0 atom stereocenters. The number of para-hydroxylation sites is 4. The molecular weight excluding hydrogens is 562 g/mol. The minimum absolute atomic E-state index is 0.546. The maximum absolute atomic E-state index is 8.49. The van der Waals surface area contributed by atoms with Gasteiger partial charge in [0.15, 0.2) is 11.5 Å². The first-order valence-corrected chi connectivity index (χ1v) is 15.5. The number of nitrogens with one attached hydrogen (secondary N) is 1. The zero-order chi connectivity index (χ0) is 30.8. The Hall–Kier alpha value is -6.13. The molecule has 8 aromatic rings. The van der Waals surface area contributed by atoms with Gasteiger partial charge in [0.25, 0.3) is 0 Å². The highest BCUT2D eigenvalue weighted by molar-refractivity contribution is 6.30. The fourth-order valence-corrected chi connectivity index (χ4v) is 7.25. The maximum Gasteiger partial charge on any atom is 0.154 e. The minimum Gasteiger partial charge on any atom is -0.453 e. The predicted molar refractivity (Wildman–Crippen MR) is 191 cm³/mol. The van der Waals surface area contributed by atoms with Gasteiger partial charge in [-0.15, -0.1) is 0 Å². The molecule has 0 aliphatic carbocycles. The van der Waals surface area contributed by atoms with Crippen molar-refractivity contribution in [2.45, 2.75) is 6.42 Å². The minimum atomic E-state index is 0.546. The van der Waals surface area contributed by atoms with Gasteiger partial charge >= 0.3 is 0 Å². The Labute approximate surface area is 266 Å². The molecular formula is C42H29N3O. The van der Waals surface area contributed by atoms with Crippen molar-refractivity contribution in [3.05, 3.63) is 158 Å². The summed E-state index contributed by atoms with van der Waals surface area (Å²) in [6, 6.07) is 45.0. The summed E-state index contributed by atoms with van der Waals surface area (Å²) < 4.78 is 11.4. The topological polar surface area (TPSA) is 42.9 Å². The number of nitrogens with zero attached hydrogens (tertiary/aromatic N) is 2. The van der Waals surface area contributed by atoms with E-state index >= 15 is 0 Å². The molecule has 0 fully saturated rings. The van der Waals surface area contributed by atoms with Gasteiger partial charge in [-0.2, -0.15) is 0 Å². The fraction of sp³-hybridized carbons (Fsp3) is 0.0238. The van der Waals surface area contributed by atoms with Gasteiger partial charge in [0, 0.05) is 45.4 Å². The van der Waals surface area contributed by atoms with Crippen LogP contribution in [-0.4, -0.2) is 14.8 Å². The van der Waals surface area contributed by atoms with Crippen LogP contribution in [0.15, 0.2) is 152 Å². The number of hydrogen-bond donors (Lipinski definition) is 1. The van der Waals surface area contributed by atoms with E-state index in [1.54, 1.807) is 6.08 Å². The van der Waals surface area contributed by atoms with E-state index in [1.165, 1.54) is 27.1 Å². The van der Waals surface area contributed by atoms with Gasteiger partial charge in [-0.25, -0.2) is 0 Å². The Morgan fingerprint density at radius 2 is 1.39 bits per heavy atom. The molecule has 218 valence electrons. The van der Waals surface area contributed by atoms with Crippen molar-refractivity contribution in [2.24, 2.45) is 0 Å². The summed E-state index contributed by atoms with van der Waals surface area (Å²) in [5.74, 6) is 1.71. The number of fused-ring (bicyclic) bond motifs is 9. The highest BCUT2D eigenvalue weighted by atomic mass is 16.5. The molecule has 9 rings (SSSR count). The molecule has 0 saturated heterocycles. The molecule has 0 unspecified atom stereocenters. The van der Waals surface area contributed by atoms with E-state index in [2.05, 4.69) is 125 Å². The number of hydrogen-bond acceptors (Lipinski definition) is 2. The number of rotatable bonds is 6. The Balaban J connectivity index is 1.32. The number of aromatic nitrogens is 2. The van der Waals surface area contributed by atoms with E-state index in [4.69, 9.17) is 10.1 Å². The molecule has 1 aliphatic heterocycles. The monoisotopic (exact) mass is 591 g/mol. The summed E-state index contributed by atoms with van der Waals surface area (Å²) >= 11 is 0. The number of ether oxygens (including phenoxy) is 1.